The molecular weight excluding hydrogens is 232 g/mol. The number of hydrogen-bond acceptors (Lipinski definition) is 1. The van der Waals surface area contributed by atoms with Crippen LogP contribution >= 0.6 is 0 Å². The predicted octanol–water partition coefficient (Wildman–Crippen LogP) is 6.22. The zero-order valence-corrected chi connectivity index (χ0v) is 13.1. The van der Waals surface area contributed by atoms with E-state index in [1.807, 2.05) is 0 Å². The maximum atomic E-state index is 11.3. The number of ketones is 1. The molecule has 0 saturated carbocycles. The van der Waals surface area contributed by atoms with E-state index in [1.165, 1.54) is 70.6 Å². The van der Waals surface area contributed by atoms with Crippen molar-refractivity contribution in [1.82, 2.24) is 0 Å². The van der Waals surface area contributed by atoms with Crippen LogP contribution in [0.1, 0.15) is 96.8 Å². The second-order valence-corrected chi connectivity index (χ2v) is 5.67. The van der Waals surface area contributed by atoms with Gasteiger partial charge >= 0.3 is 0 Å². The monoisotopic (exact) mass is 266 g/mol. The van der Waals surface area contributed by atoms with Crippen molar-refractivity contribution in [3.8, 4) is 0 Å². The largest absolute Gasteiger partial charge is 0.299 e. The van der Waals surface area contributed by atoms with Crippen molar-refractivity contribution in [2.75, 3.05) is 0 Å². The number of Topliss-reactive ketones (excluding diaryl/α,β-unsaturated/α-hetero) is 1. The first-order valence-corrected chi connectivity index (χ1v) is 8.43. The van der Waals surface area contributed by atoms with E-state index in [4.69, 9.17) is 0 Å². The fourth-order valence-electron chi connectivity index (χ4n) is 2.43. The zero-order valence-electron chi connectivity index (χ0n) is 13.1. The zero-order chi connectivity index (χ0) is 14.2. The van der Waals surface area contributed by atoms with Crippen LogP contribution in [0.15, 0.2) is 12.7 Å². The molecule has 0 bridgehead atoms. The summed E-state index contributed by atoms with van der Waals surface area (Å²) in [7, 11) is 0. The first-order valence-electron chi connectivity index (χ1n) is 8.43. The van der Waals surface area contributed by atoms with Crippen LogP contribution in [-0.2, 0) is 4.79 Å². The van der Waals surface area contributed by atoms with Gasteiger partial charge in [-0.1, -0.05) is 83.6 Å². The summed E-state index contributed by atoms with van der Waals surface area (Å²) in [5, 5.41) is 0. The minimum Gasteiger partial charge on any atom is -0.299 e. The van der Waals surface area contributed by atoms with E-state index >= 15 is 0 Å². The van der Waals surface area contributed by atoms with E-state index in [9.17, 15) is 4.79 Å². The van der Waals surface area contributed by atoms with Gasteiger partial charge in [-0.3, -0.25) is 4.79 Å². The number of carbonyl (C=O) groups is 1. The van der Waals surface area contributed by atoms with E-state index in [-0.39, 0.29) is 0 Å². The predicted molar refractivity (Wildman–Crippen MR) is 85.5 cm³/mol. The van der Waals surface area contributed by atoms with Gasteiger partial charge in [-0.2, -0.15) is 0 Å². The van der Waals surface area contributed by atoms with Crippen LogP contribution in [0, 0.1) is 0 Å². The molecule has 0 rings (SSSR count). The van der Waals surface area contributed by atoms with Gasteiger partial charge in [0.15, 0.2) is 0 Å². The Morgan fingerprint density at radius 2 is 1.21 bits per heavy atom. The molecule has 19 heavy (non-hydrogen) atoms. The summed E-state index contributed by atoms with van der Waals surface area (Å²) >= 11 is 0. The van der Waals surface area contributed by atoms with E-state index in [2.05, 4.69) is 13.5 Å². The Morgan fingerprint density at radius 1 is 0.789 bits per heavy atom. The SMILES string of the molecule is C=CCC(=O)CCCCCCCCCCCCCC. The normalized spacial score (nSPS) is 10.6. The molecule has 0 aliphatic heterocycles. The molecule has 1 heteroatoms. The molecule has 0 aliphatic rings. The Kier molecular flexibility index (Phi) is 15.0. The van der Waals surface area contributed by atoms with Crippen LogP contribution in [-0.4, -0.2) is 5.78 Å². The summed E-state index contributed by atoms with van der Waals surface area (Å²) in [4.78, 5) is 11.3. The Hall–Kier alpha value is -0.590. The summed E-state index contributed by atoms with van der Waals surface area (Å²) < 4.78 is 0. The fraction of sp³-hybridized carbons (Fsp3) is 0.833. The molecule has 1 nitrogen and oxygen atoms in total. The van der Waals surface area contributed by atoms with Crippen molar-refractivity contribution >= 4 is 5.78 Å². The summed E-state index contributed by atoms with van der Waals surface area (Å²) in [6, 6.07) is 0. The van der Waals surface area contributed by atoms with Gasteiger partial charge in [-0.15, -0.1) is 6.58 Å². The second-order valence-electron chi connectivity index (χ2n) is 5.67. The van der Waals surface area contributed by atoms with Crippen molar-refractivity contribution in [2.45, 2.75) is 96.8 Å². The molecule has 0 aromatic rings. The number of unbranched alkanes of at least 4 members (excludes halogenated alkanes) is 11. The molecule has 0 unspecified atom stereocenters. The number of carbonyl (C=O) groups excluding carboxylic acids is 1. The standard InChI is InChI=1S/C18H34O/c1-3-5-6-7-8-9-10-11-12-13-14-15-17-18(19)16-4-2/h4H,2-3,5-17H2,1H3. The molecular formula is C18H34O. The topological polar surface area (TPSA) is 17.1 Å². The number of rotatable bonds is 15. The molecule has 0 aromatic carbocycles. The second kappa shape index (κ2) is 15.5. The third kappa shape index (κ3) is 15.4. The Bertz CT molecular complexity index is 208. The number of allylic oxidation sites excluding steroid dienone is 1. The van der Waals surface area contributed by atoms with Crippen LogP contribution in [0.3, 0.4) is 0 Å². The summed E-state index contributed by atoms with van der Waals surface area (Å²) in [5.41, 5.74) is 0. The van der Waals surface area contributed by atoms with Crippen LogP contribution < -0.4 is 0 Å². The average Bonchev–Trinajstić information content (AvgIpc) is 2.40. The van der Waals surface area contributed by atoms with E-state index in [1.54, 1.807) is 6.08 Å². The Labute approximate surface area is 120 Å². The minimum atomic E-state index is 0.349. The molecule has 0 aliphatic carbocycles. The number of hydrogen-bond donors (Lipinski definition) is 0. The molecule has 0 aromatic heterocycles. The van der Waals surface area contributed by atoms with Crippen molar-refractivity contribution in [3.05, 3.63) is 12.7 Å². The summed E-state index contributed by atoms with van der Waals surface area (Å²) in [6.45, 7) is 5.86. The third-order valence-corrected chi connectivity index (χ3v) is 3.68. The first kappa shape index (κ1) is 18.4. The quantitative estimate of drug-likeness (QED) is 0.254. The third-order valence-electron chi connectivity index (χ3n) is 3.68. The summed E-state index contributed by atoms with van der Waals surface area (Å²) in [6.07, 6.45) is 19.2. The highest BCUT2D eigenvalue weighted by Gasteiger charge is 1.98. The molecule has 0 N–H and O–H groups in total. The van der Waals surface area contributed by atoms with Gasteiger partial charge in [0.1, 0.15) is 5.78 Å². The van der Waals surface area contributed by atoms with Crippen molar-refractivity contribution < 1.29 is 4.79 Å². The van der Waals surface area contributed by atoms with Gasteiger partial charge in [0.05, 0.1) is 0 Å². The smallest absolute Gasteiger partial charge is 0.136 e. The van der Waals surface area contributed by atoms with Gasteiger partial charge in [0, 0.05) is 12.8 Å². The lowest BCUT2D eigenvalue weighted by Gasteiger charge is -2.02. The fourth-order valence-corrected chi connectivity index (χ4v) is 2.43. The maximum Gasteiger partial charge on any atom is 0.136 e. The Balaban J connectivity index is 3.02. The molecule has 0 saturated heterocycles. The van der Waals surface area contributed by atoms with Crippen molar-refractivity contribution in [1.29, 1.82) is 0 Å². The molecule has 0 heterocycles. The maximum absolute atomic E-state index is 11.3. The van der Waals surface area contributed by atoms with Crippen LogP contribution in [0.5, 0.6) is 0 Å². The highest BCUT2D eigenvalue weighted by atomic mass is 16.1. The molecule has 0 fully saturated rings. The van der Waals surface area contributed by atoms with Gasteiger partial charge in [-0.05, 0) is 6.42 Å². The lowest BCUT2D eigenvalue weighted by atomic mass is 10.0. The van der Waals surface area contributed by atoms with Crippen molar-refractivity contribution in [2.24, 2.45) is 0 Å². The highest BCUT2D eigenvalue weighted by Crippen LogP contribution is 2.12. The van der Waals surface area contributed by atoms with Gasteiger partial charge < -0.3 is 0 Å². The van der Waals surface area contributed by atoms with Crippen LogP contribution in [0.25, 0.3) is 0 Å². The van der Waals surface area contributed by atoms with Crippen molar-refractivity contribution in [3.63, 3.8) is 0 Å². The average molecular weight is 266 g/mol. The first-order chi connectivity index (χ1) is 9.31. The molecule has 112 valence electrons. The van der Waals surface area contributed by atoms with E-state index in [0.29, 0.717) is 12.2 Å². The minimum absolute atomic E-state index is 0.349. The van der Waals surface area contributed by atoms with E-state index in [0.717, 1.165) is 12.8 Å². The molecule has 0 amide bonds. The van der Waals surface area contributed by atoms with E-state index < -0.39 is 0 Å². The highest BCUT2D eigenvalue weighted by molar-refractivity contribution is 5.79. The van der Waals surface area contributed by atoms with Gasteiger partial charge in [-0.25, -0.2) is 0 Å². The lowest BCUT2D eigenvalue weighted by Crippen LogP contribution is -1.94. The summed E-state index contributed by atoms with van der Waals surface area (Å²) in [5.74, 6) is 0.349. The van der Waals surface area contributed by atoms with Crippen LogP contribution in [0.2, 0.25) is 0 Å². The molecule has 0 atom stereocenters. The molecule has 0 spiro atoms. The van der Waals surface area contributed by atoms with Crippen LogP contribution in [0.4, 0.5) is 0 Å². The van der Waals surface area contributed by atoms with Gasteiger partial charge in [0.25, 0.3) is 0 Å². The van der Waals surface area contributed by atoms with Gasteiger partial charge in [0.2, 0.25) is 0 Å². The molecule has 0 radical (unpaired) electrons. The Morgan fingerprint density at radius 3 is 1.63 bits per heavy atom. The lowest BCUT2D eigenvalue weighted by molar-refractivity contribution is -0.118.